The summed E-state index contributed by atoms with van der Waals surface area (Å²) in [5, 5.41) is 3.59. The molecule has 0 aliphatic carbocycles. The molecular formula is C17H29NO3. The lowest BCUT2D eigenvalue weighted by atomic mass is 10.0. The van der Waals surface area contributed by atoms with Crippen LogP contribution in [0, 0.1) is 5.92 Å². The van der Waals surface area contributed by atoms with Gasteiger partial charge in [0.25, 0.3) is 0 Å². The lowest BCUT2D eigenvalue weighted by Crippen LogP contribution is -2.25. The van der Waals surface area contributed by atoms with Gasteiger partial charge in [-0.3, -0.25) is 0 Å². The van der Waals surface area contributed by atoms with Gasteiger partial charge >= 0.3 is 0 Å². The maximum absolute atomic E-state index is 5.40. The van der Waals surface area contributed by atoms with E-state index in [1.807, 2.05) is 12.1 Å². The molecule has 0 saturated heterocycles. The molecule has 0 aliphatic heterocycles. The van der Waals surface area contributed by atoms with E-state index in [1.54, 1.807) is 21.3 Å². The number of methoxy groups -OCH3 is 3. The van der Waals surface area contributed by atoms with Crippen molar-refractivity contribution in [1.82, 2.24) is 5.32 Å². The Balaban J connectivity index is 2.91. The van der Waals surface area contributed by atoms with E-state index >= 15 is 0 Å². The Morgan fingerprint density at radius 2 is 1.48 bits per heavy atom. The average molecular weight is 295 g/mol. The van der Waals surface area contributed by atoms with E-state index in [2.05, 4.69) is 26.1 Å². The van der Waals surface area contributed by atoms with Gasteiger partial charge in [0.05, 0.1) is 21.3 Å². The summed E-state index contributed by atoms with van der Waals surface area (Å²) in [6, 6.07) is 4.25. The molecule has 0 spiro atoms. The minimum Gasteiger partial charge on any atom is -0.493 e. The number of hydrogen-bond donors (Lipinski definition) is 1. The molecule has 1 aromatic carbocycles. The fourth-order valence-electron chi connectivity index (χ4n) is 2.39. The van der Waals surface area contributed by atoms with Gasteiger partial charge in [-0.05, 0) is 37.1 Å². The fraction of sp³-hybridized carbons (Fsp3) is 0.647. The number of nitrogens with one attached hydrogen (secondary N) is 1. The van der Waals surface area contributed by atoms with Crippen molar-refractivity contribution in [3.05, 3.63) is 17.7 Å². The number of benzene rings is 1. The second-order valence-corrected chi connectivity index (χ2v) is 5.27. The van der Waals surface area contributed by atoms with Crippen LogP contribution in [0.3, 0.4) is 0 Å². The molecule has 120 valence electrons. The Morgan fingerprint density at radius 3 is 1.86 bits per heavy atom. The monoisotopic (exact) mass is 295 g/mol. The summed E-state index contributed by atoms with van der Waals surface area (Å²) in [7, 11) is 4.90. The molecule has 0 radical (unpaired) electrons. The van der Waals surface area contributed by atoms with Crippen LogP contribution in [0.4, 0.5) is 0 Å². The van der Waals surface area contributed by atoms with Gasteiger partial charge in [-0.25, -0.2) is 0 Å². The molecule has 1 unspecified atom stereocenters. The number of ether oxygens (including phenoxy) is 3. The van der Waals surface area contributed by atoms with Gasteiger partial charge < -0.3 is 19.5 Å². The molecule has 4 heteroatoms. The van der Waals surface area contributed by atoms with Crippen molar-refractivity contribution >= 4 is 0 Å². The lowest BCUT2D eigenvalue weighted by molar-refractivity contribution is 0.322. The van der Waals surface area contributed by atoms with Gasteiger partial charge in [-0.2, -0.15) is 0 Å². The molecule has 0 bridgehead atoms. The van der Waals surface area contributed by atoms with Crippen molar-refractivity contribution in [1.29, 1.82) is 0 Å². The Morgan fingerprint density at radius 1 is 0.952 bits per heavy atom. The van der Waals surface area contributed by atoms with Crippen LogP contribution in [0.15, 0.2) is 12.1 Å². The quantitative estimate of drug-likeness (QED) is 0.752. The first-order valence-electron chi connectivity index (χ1n) is 7.64. The molecule has 0 amide bonds. The fourth-order valence-corrected chi connectivity index (χ4v) is 2.39. The van der Waals surface area contributed by atoms with E-state index in [-0.39, 0.29) is 6.04 Å². The van der Waals surface area contributed by atoms with Crippen LogP contribution in [0.2, 0.25) is 0 Å². The summed E-state index contributed by atoms with van der Waals surface area (Å²) in [5.41, 5.74) is 1.13. The van der Waals surface area contributed by atoms with Crippen molar-refractivity contribution in [2.75, 3.05) is 27.9 Å². The normalized spacial score (nSPS) is 12.3. The molecule has 0 heterocycles. The third kappa shape index (κ3) is 4.53. The summed E-state index contributed by atoms with van der Waals surface area (Å²) in [6.45, 7) is 7.65. The molecule has 0 aliphatic rings. The highest BCUT2D eigenvalue weighted by molar-refractivity contribution is 5.54. The highest BCUT2D eigenvalue weighted by Gasteiger charge is 2.16. The summed E-state index contributed by atoms with van der Waals surface area (Å²) in [5.74, 6) is 2.75. The first-order valence-corrected chi connectivity index (χ1v) is 7.64. The van der Waals surface area contributed by atoms with Crippen LogP contribution >= 0.6 is 0 Å². The second-order valence-electron chi connectivity index (χ2n) is 5.27. The Hall–Kier alpha value is -1.42. The smallest absolute Gasteiger partial charge is 0.203 e. The van der Waals surface area contributed by atoms with E-state index in [0.29, 0.717) is 17.2 Å². The van der Waals surface area contributed by atoms with Crippen LogP contribution in [-0.4, -0.2) is 27.9 Å². The predicted molar refractivity (Wildman–Crippen MR) is 86.6 cm³/mol. The zero-order chi connectivity index (χ0) is 15.8. The SMILES string of the molecule is CCC(CC)CNC(C)c1cc(OC)c(OC)c(OC)c1. The molecule has 1 atom stereocenters. The molecular weight excluding hydrogens is 266 g/mol. The number of rotatable bonds is 9. The Kier molecular flexibility index (Phi) is 7.37. The summed E-state index contributed by atoms with van der Waals surface area (Å²) < 4.78 is 16.2. The zero-order valence-corrected chi connectivity index (χ0v) is 14.2. The highest BCUT2D eigenvalue weighted by Crippen LogP contribution is 2.39. The van der Waals surface area contributed by atoms with Crippen molar-refractivity contribution in [2.24, 2.45) is 5.92 Å². The maximum Gasteiger partial charge on any atom is 0.203 e. The summed E-state index contributed by atoms with van der Waals surface area (Å²) in [4.78, 5) is 0. The molecule has 1 aromatic rings. The average Bonchev–Trinajstić information content (AvgIpc) is 2.53. The van der Waals surface area contributed by atoms with Crippen molar-refractivity contribution < 1.29 is 14.2 Å². The first kappa shape index (κ1) is 17.6. The maximum atomic E-state index is 5.40. The molecule has 0 fully saturated rings. The molecule has 21 heavy (non-hydrogen) atoms. The van der Waals surface area contributed by atoms with Crippen molar-refractivity contribution in [3.8, 4) is 17.2 Å². The van der Waals surface area contributed by atoms with Gasteiger partial charge in [0.2, 0.25) is 5.75 Å². The molecule has 0 aromatic heterocycles. The van der Waals surface area contributed by atoms with Crippen LogP contribution in [0.5, 0.6) is 17.2 Å². The van der Waals surface area contributed by atoms with Crippen LogP contribution in [0.1, 0.15) is 45.2 Å². The third-order valence-corrected chi connectivity index (χ3v) is 4.05. The first-order chi connectivity index (χ1) is 10.1. The summed E-state index contributed by atoms with van der Waals surface area (Å²) in [6.07, 6.45) is 2.40. The van der Waals surface area contributed by atoms with Gasteiger partial charge in [0.1, 0.15) is 0 Å². The van der Waals surface area contributed by atoms with Gasteiger partial charge in [-0.1, -0.05) is 26.7 Å². The van der Waals surface area contributed by atoms with E-state index in [9.17, 15) is 0 Å². The summed E-state index contributed by atoms with van der Waals surface area (Å²) >= 11 is 0. The van der Waals surface area contributed by atoms with E-state index in [0.717, 1.165) is 18.0 Å². The predicted octanol–water partition coefficient (Wildman–Crippen LogP) is 3.80. The molecule has 0 saturated carbocycles. The van der Waals surface area contributed by atoms with Gasteiger partial charge in [-0.15, -0.1) is 0 Å². The van der Waals surface area contributed by atoms with Gasteiger partial charge in [0, 0.05) is 6.04 Å². The van der Waals surface area contributed by atoms with Gasteiger partial charge in [0.15, 0.2) is 11.5 Å². The van der Waals surface area contributed by atoms with Crippen LogP contribution < -0.4 is 19.5 Å². The van der Waals surface area contributed by atoms with E-state index in [1.165, 1.54) is 12.8 Å². The molecule has 1 rings (SSSR count). The standard InChI is InChI=1S/C17H29NO3/c1-7-13(8-2)11-18-12(3)14-9-15(19-4)17(21-6)16(10-14)20-5/h9-10,12-13,18H,7-8,11H2,1-6H3. The minimum absolute atomic E-state index is 0.235. The van der Waals surface area contributed by atoms with Crippen molar-refractivity contribution in [3.63, 3.8) is 0 Å². The highest BCUT2D eigenvalue weighted by atomic mass is 16.5. The Labute approximate surface area is 128 Å². The van der Waals surface area contributed by atoms with Crippen LogP contribution in [0.25, 0.3) is 0 Å². The zero-order valence-electron chi connectivity index (χ0n) is 14.2. The van der Waals surface area contributed by atoms with Crippen molar-refractivity contribution in [2.45, 2.75) is 39.7 Å². The van der Waals surface area contributed by atoms with Crippen LogP contribution in [-0.2, 0) is 0 Å². The Bertz CT molecular complexity index is 405. The largest absolute Gasteiger partial charge is 0.493 e. The number of hydrogen-bond acceptors (Lipinski definition) is 4. The van der Waals surface area contributed by atoms with E-state index < -0.39 is 0 Å². The lowest BCUT2D eigenvalue weighted by Gasteiger charge is -2.21. The minimum atomic E-state index is 0.235. The topological polar surface area (TPSA) is 39.7 Å². The third-order valence-electron chi connectivity index (χ3n) is 4.05. The van der Waals surface area contributed by atoms with E-state index in [4.69, 9.17) is 14.2 Å². The molecule has 1 N–H and O–H groups in total. The second kappa shape index (κ2) is 8.78. The molecule has 4 nitrogen and oxygen atoms in total.